The molecule has 0 aliphatic carbocycles. The molecule has 4 heteroatoms. The third kappa shape index (κ3) is 3.74. The van der Waals surface area contributed by atoms with E-state index in [1.54, 1.807) is 6.92 Å². The molecular weight excluding hydrogens is 130 g/mol. The van der Waals surface area contributed by atoms with Crippen LogP contribution < -0.4 is 12.4 Å². The van der Waals surface area contributed by atoms with Crippen LogP contribution in [0.5, 0.6) is 0 Å². The lowest BCUT2D eigenvalue weighted by Gasteiger charge is -2.06. The van der Waals surface area contributed by atoms with Gasteiger partial charge in [-0.25, -0.2) is 4.79 Å². The van der Waals surface area contributed by atoms with E-state index >= 15 is 0 Å². The van der Waals surface area contributed by atoms with Crippen molar-refractivity contribution >= 4 is 6.09 Å². The van der Waals surface area contributed by atoms with E-state index in [9.17, 15) is 4.79 Å². The van der Waals surface area contributed by atoms with Gasteiger partial charge in [-0.05, 0) is 6.92 Å². The standard InChI is InChI=1S/C4H9NO2.ClH/c1-3-5(2)4(6)7;/h3H2,1-2H3,(H,6,7);1H/p-1. The Bertz CT molecular complexity index is 76.4. The average Bonchev–Trinajstić information content (AvgIpc) is 1.65. The topological polar surface area (TPSA) is 40.5 Å². The largest absolute Gasteiger partial charge is 1.00 e. The number of hydrogen-bond acceptors (Lipinski definition) is 1. The maximum atomic E-state index is 9.86. The predicted molar refractivity (Wildman–Crippen MR) is 26.3 cm³/mol. The third-order valence-electron chi connectivity index (χ3n) is 0.801. The lowest BCUT2D eigenvalue weighted by Crippen LogP contribution is -3.00. The van der Waals surface area contributed by atoms with Gasteiger partial charge in [0.1, 0.15) is 0 Å². The number of carbonyl (C=O) groups is 1. The van der Waals surface area contributed by atoms with Crippen LogP contribution in [0.3, 0.4) is 0 Å². The van der Waals surface area contributed by atoms with Gasteiger partial charge < -0.3 is 22.4 Å². The van der Waals surface area contributed by atoms with E-state index in [2.05, 4.69) is 0 Å². The molecule has 50 valence electrons. The summed E-state index contributed by atoms with van der Waals surface area (Å²) >= 11 is 0. The minimum absolute atomic E-state index is 0. The van der Waals surface area contributed by atoms with Crippen LogP contribution in [-0.2, 0) is 0 Å². The van der Waals surface area contributed by atoms with Gasteiger partial charge in [0.25, 0.3) is 0 Å². The Morgan fingerprint density at radius 3 is 2.12 bits per heavy atom. The molecule has 0 bridgehead atoms. The summed E-state index contributed by atoms with van der Waals surface area (Å²) < 4.78 is 0. The smallest absolute Gasteiger partial charge is 0.407 e. The summed E-state index contributed by atoms with van der Waals surface area (Å²) in [4.78, 5) is 11.1. The Balaban J connectivity index is 0. The minimum Gasteiger partial charge on any atom is -1.00 e. The molecular formula is C4H9ClNO2-. The number of carboxylic acid groups (broad SMARTS) is 1. The first kappa shape index (κ1) is 10.5. The molecule has 0 aliphatic heterocycles. The molecule has 0 aliphatic rings. The molecule has 3 nitrogen and oxygen atoms in total. The van der Waals surface area contributed by atoms with Crippen LogP contribution >= 0.6 is 0 Å². The van der Waals surface area contributed by atoms with Crippen molar-refractivity contribution in [3.05, 3.63) is 0 Å². The van der Waals surface area contributed by atoms with Crippen molar-refractivity contribution in [1.82, 2.24) is 4.90 Å². The maximum absolute atomic E-state index is 9.86. The van der Waals surface area contributed by atoms with Crippen molar-refractivity contribution < 1.29 is 22.3 Å². The lowest BCUT2D eigenvalue weighted by atomic mass is 10.7. The monoisotopic (exact) mass is 138 g/mol. The van der Waals surface area contributed by atoms with Crippen LogP contribution in [0.25, 0.3) is 0 Å². The Hall–Kier alpha value is -0.440. The highest BCUT2D eigenvalue weighted by atomic mass is 35.5. The van der Waals surface area contributed by atoms with Gasteiger partial charge in [-0.1, -0.05) is 0 Å². The zero-order chi connectivity index (χ0) is 5.86. The Labute approximate surface area is 54.7 Å². The fourth-order valence-electron chi connectivity index (χ4n) is 0.135. The summed E-state index contributed by atoms with van der Waals surface area (Å²) in [5.74, 6) is 0. The van der Waals surface area contributed by atoms with Crippen molar-refractivity contribution in [2.24, 2.45) is 0 Å². The van der Waals surface area contributed by atoms with E-state index in [-0.39, 0.29) is 12.4 Å². The predicted octanol–water partition coefficient (Wildman–Crippen LogP) is -2.38. The van der Waals surface area contributed by atoms with Gasteiger partial charge in [0.2, 0.25) is 0 Å². The van der Waals surface area contributed by atoms with Gasteiger partial charge in [0.05, 0.1) is 0 Å². The SMILES string of the molecule is CCN(C)C(=O)O.[Cl-]. The number of hydrogen-bond donors (Lipinski definition) is 1. The summed E-state index contributed by atoms with van der Waals surface area (Å²) in [5, 5.41) is 8.11. The number of amides is 1. The van der Waals surface area contributed by atoms with E-state index in [1.807, 2.05) is 0 Å². The van der Waals surface area contributed by atoms with Gasteiger partial charge in [-0.2, -0.15) is 0 Å². The summed E-state index contributed by atoms with van der Waals surface area (Å²) in [5.41, 5.74) is 0. The average molecular weight is 139 g/mol. The number of rotatable bonds is 1. The molecule has 0 radical (unpaired) electrons. The van der Waals surface area contributed by atoms with Crippen molar-refractivity contribution in [1.29, 1.82) is 0 Å². The van der Waals surface area contributed by atoms with Crippen LogP contribution in [0.2, 0.25) is 0 Å². The molecule has 0 heterocycles. The highest BCUT2D eigenvalue weighted by molar-refractivity contribution is 5.64. The second-order valence-corrected chi connectivity index (χ2v) is 1.30. The van der Waals surface area contributed by atoms with Gasteiger partial charge >= 0.3 is 6.09 Å². The summed E-state index contributed by atoms with van der Waals surface area (Å²) in [7, 11) is 1.53. The Morgan fingerprint density at radius 2 is 2.12 bits per heavy atom. The van der Waals surface area contributed by atoms with E-state index in [1.165, 1.54) is 11.9 Å². The number of nitrogens with zero attached hydrogens (tertiary/aromatic N) is 1. The van der Waals surface area contributed by atoms with E-state index in [4.69, 9.17) is 5.11 Å². The molecule has 0 aromatic carbocycles. The molecule has 0 atom stereocenters. The van der Waals surface area contributed by atoms with Crippen LogP contribution in [0.15, 0.2) is 0 Å². The van der Waals surface area contributed by atoms with E-state index in [0.717, 1.165) is 0 Å². The van der Waals surface area contributed by atoms with Crippen LogP contribution in [0.4, 0.5) is 4.79 Å². The van der Waals surface area contributed by atoms with Crippen molar-refractivity contribution in [3.8, 4) is 0 Å². The normalized spacial score (nSPS) is 7.25. The number of halogens is 1. The summed E-state index contributed by atoms with van der Waals surface area (Å²) in [6.07, 6.45) is -0.873. The van der Waals surface area contributed by atoms with Gasteiger partial charge in [-0.15, -0.1) is 0 Å². The fraction of sp³-hybridized carbons (Fsp3) is 0.750. The van der Waals surface area contributed by atoms with Crippen molar-refractivity contribution in [3.63, 3.8) is 0 Å². The lowest BCUT2D eigenvalue weighted by molar-refractivity contribution is -0.00000846. The first-order chi connectivity index (χ1) is 3.18. The van der Waals surface area contributed by atoms with Gasteiger partial charge in [-0.3, -0.25) is 0 Å². The summed E-state index contributed by atoms with van der Waals surface area (Å²) in [6, 6.07) is 0. The fourth-order valence-corrected chi connectivity index (χ4v) is 0.135. The quantitative estimate of drug-likeness (QED) is 0.440. The summed E-state index contributed by atoms with van der Waals surface area (Å²) in [6.45, 7) is 2.34. The van der Waals surface area contributed by atoms with E-state index < -0.39 is 6.09 Å². The second-order valence-electron chi connectivity index (χ2n) is 1.30. The zero-order valence-electron chi connectivity index (χ0n) is 4.89. The molecule has 0 spiro atoms. The molecule has 0 saturated carbocycles. The minimum atomic E-state index is -0.873. The molecule has 0 aromatic rings. The highest BCUT2D eigenvalue weighted by Crippen LogP contribution is 1.78. The van der Waals surface area contributed by atoms with Crippen LogP contribution in [0.1, 0.15) is 6.92 Å². The van der Waals surface area contributed by atoms with E-state index in [0.29, 0.717) is 6.54 Å². The first-order valence-electron chi connectivity index (χ1n) is 2.12. The van der Waals surface area contributed by atoms with Crippen LogP contribution in [0, 0.1) is 0 Å². The molecule has 0 saturated heterocycles. The second kappa shape index (κ2) is 4.71. The molecule has 1 amide bonds. The molecule has 0 rings (SSSR count). The molecule has 0 fully saturated rings. The third-order valence-corrected chi connectivity index (χ3v) is 0.801. The Morgan fingerprint density at radius 1 is 1.75 bits per heavy atom. The molecule has 0 aromatic heterocycles. The molecule has 1 N–H and O–H groups in total. The molecule has 8 heavy (non-hydrogen) atoms. The first-order valence-corrected chi connectivity index (χ1v) is 2.12. The van der Waals surface area contributed by atoms with Crippen LogP contribution in [-0.4, -0.2) is 29.7 Å². The van der Waals surface area contributed by atoms with Crippen molar-refractivity contribution in [2.75, 3.05) is 13.6 Å². The zero-order valence-corrected chi connectivity index (χ0v) is 5.64. The van der Waals surface area contributed by atoms with Crippen molar-refractivity contribution in [2.45, 2.75) is 6.92 Å². The Kier molecular flexibility index (Phi) is 6.20. The maximum Gasteiger partial charge on any atom is 0.407 e. The van der Waals surface area contributed by atoms with Gasteiger partial charge in [0, 0.05) is 13.6 Å². The van der Waals surface area contributed by atoms with Gasteiger partial charge in [0.15, 0.2) is 0 Å². The molecule has 0 unspecified atom stereocenters. The highest BCUT2D eigenvalue weighted by Gasteiger charge is 1.97.